The first kappa shape index (κ1) is 13.6. The van der Waals surface area contributed by atoms with Crippen LogP contribution in [0.2, 0.25) is 0 Å². The summed E-state index contributed by atoms with van der Waals surface area (Å²) >= 11 is 0. The van der Waals surface area contributed by atoms with E-state index in [1.54, 1.807) is 0 Å². The highest BCUT2D eigenvalue weighted by Crippen LogP contribution is 2.26. The molecule has 100 valence electrons. The number of ether oxygens (including phenoxy) is 1. The Hall–Kier alpha value is -1.80. The second-order valence-electron chi connectivity index (χ2n) is 4.79. The number of hydrogen-bond donors (Lipinski definition) is 1. The topological polar surface area (TPSA) is 35.2 Å². The van der Waals surface area contributed by atoms with Crippen LogP contribution in [0.25, 0.3) is 0 Å². The highest BCUT2D eigenvalue weighted by molar-refractivity contribution is 5.24. The smallest absolute Gasteiger partial charge is 0.119 e. The molecule has 19 heavy (non-hydrogen) atoms. The molecule has 1 unspecified atom stereocenters. The van der Waals surface area contributed by atoms with Crippen molar-refractivity contribution in [1.29, 1.82) is 0 Å². The molecular formula is C17H21NO. The summed E-state index contributed by atoms with van der Waals surface area (Å²) in [6, 6.07) is 20.1. The van der Waals surface area contributed by atoms with E-state index >= 15 is 0 Å². The summed E-state index contributed by atoms with van der Waals surface area (Å²) in [7, 11) is 0. The SMILES string of the molecule is CCC(N)(CCOc1ccccc1)c1ccccc1. The molecule has 0 saturated heterocycles. The number of benzene rings is 2. The zero-order valence-corrected chi connectivity index (χ0v) is 11.4. The molecule has 0 radical (unpaired) electrons. The lowest BCUT2D eigenvalue weighted by Gasteiger charge is -2.28. The third-order valence-corrected chi connectivity index (χ3v) is 3.54. The van der Waals surface area contributed by atoms with Crippen molar-refractivity contribution in [3.05, 3.63) is 66.2 Å². The van der Waals surface area contributed by atoms with Crippen molar-refractivity contribution >= 4 is 0 Å². The highest BCUT2D eigenvalue weighted by Gasteiger charge is 2.24. The summed E-state index contributed by atoms with van der Waals surface area (Å²) in [5.41, 5.74) is 7.37. The van der Waals surface area contributed by atoms with Gasteiger partial charge < -0.3 is 10.5 Å². The molecule has 0 amide bonds. The van der Waals surface area contributed by atoms with Gasteiger partial charge in [-0.25, -0.2) is 0 Å². The van der Waals surface area contributed by atoms with Gasteiger partial charge in [0.1, 0.15) is 5.75 Å². The van der Waals surface area contributed by atoms with E-state index in [0.717, 1.165) is 18.6 Å². The van der Waals surface area contributed by atoms with E-state index in [1.165, 1.54) is 5.56 Å². The Bertz CT molecular complexity index is 483. The number of nitrogens with two attached hydrogens (primary N) is 1. The van der Waals surface area contributed by atoms with Crippen LogP contribution in [0.3, 0.4) is 0 Å². The van der Waals surface area contributed by atoms with Crippen molar-refractivity contribution in [3.63, 3.8) is 0 Å². The van der Waals surface area contributed by atoms with E-state index < -0.39 is 0 Å². The van der Waals surface area contributed by atoms with Gasteiger partial charge in [-0.15, -0.1) is 0 Å². The molecule has 2 nitrogen and oxygen atoms in total. The van der Waals surface area contributed by atoms with Crippen LogP contribution in [0.1, 0.15) is 25.3 Å². The summed E-state index contributed by atoms with van der Waals surface area (Å²) in [6.45, 7) is 2.75. The van der Waals surface area contributed by atoms with Crippen LogP contribution in [0.5, 0.6) is 5.75 Å². The first-order valence-corrected chi connectivity index (χ1v) is 6.77. The molecule has 0 fully saturated rings. The Morgan fingerprint density at radius 3 is 2.11 bits per heavy atom. The van der Waals surface area contributed by atoms with E-state index in [4.69, 9.17) is 10.5 Å². The van der Waals surface area contributed by atoms with Gasteiger partial charge in [-0.05, 0) is 24.1 Å². The van der Waals surface area contributed by atoms with Crippen LogP contribution in [0, 0.1) is 0 Å². The average Bonchev–Trinajstić information content (AvgIpc) is 2.49. The van der Waals surface area contributed by atoms with E-state index in [-0.39, 0.29) is 5.54 Å². The molecule has 0 spiro atoms. The average molecular weight is 255 g/mol. The highest BCUT2D eigenvalue weighted by atomic mass is 16.5. The molecule has 0 aliphatic heterocycles. The zero-order valence-electron chi connectivity index (χ0n) is 11.4. The molecule has 2 aromatic carbocycles. The second kappa shape index (κ2) is 6.39. The summed E-state index contributed by atoms with van der Waals surface area (Å²) in [5.74, 6) is 0.897. The van der Waals surface area contributed by atoms with Crippen molar-refractivity contribution in [1.82, 2.24) is 0 Å². The quantitative estimate of drug-likeness (QED) is 0.853. The lowest BCUT2D eigenvalue weighted by Crippen LogP contribution is -2.37. The van der Waals surface area contributed by atoms with Gasteiger partial charge in [0.15, 0.2) is 0 Å². The van der Waals surface area contributed by atoms with Gasteiger partial charge >= 0.3 is 0 Å². The Labute approximate surface area is 115 Å². The molecule has 0 bridgehead atoms. The standard InChI is InChI=1S/C17H21NO/c1-2-17(18,15-9-5-3-6-10-15)13-14-19-16-11-7-4-8-12-16/h3-12H,2,13-14,18H2,1H3. The minimum Gasteiger partial charge on any atom is -0.494 e. The normalized spacial score (nSPS) is 13.8. The molecule has 0 aromatic heterocycles. The first-order chi connectivity index (χ1) is 9.24. The third-order valence-electron chi connectivity index (χ3n) is 3.54. The van der Waals surface area contributed by atoms with Gasteiger partial charge in [0, 0.05) is 12.0 Å². The fourth-order valence-electron chi connectivity index (χ4n) is 2.16. The molecule has 2 heteroatoms. The van der Waals surface area contributed by atoms with Crippen LogP contribution in [-0.2, 0) is 5.54 Å². The molecule has 0 saturated carbocycles. The van der Waals surface area contributed by atoms with E-state index in [0.29, 0.717) is 6.61 Å². The number of rotatable bonds is 6. The lowest BCUT2D eigenvalue weighted by molar-refractivity contribution is 0.253. The Balaban J connectivity index is 1.96. The van der Waals surface area contributed by atoms with Crippen molar-refractivity contribution < 1.29 is 4.74 Å². The molecule has 0 aliphatic carbocycles. The fourth-order valence-corrected chi connectivity index (χ4v) is 2.16. The van der Waals surface area contributed by atoms with Crippen LogP contribution in [0.4, 0.5) is 0 Å². The third kappa shape index (κ3) is 3.58. The largest absolute Gasteiger partial charge is 0.494 e. The minimum absolute atomic E-state index is 0.309. The lowest BCUT2D eigenvalue weighted by atomic mass is 9.85. The maximum atomic E-state index is 6.50. The molecule has 0 heterocycles. The van der Waals surface area contributed by atoms with Crippen molar-refractivity contribution in [3.8, 4) is 5.75 Å². The minimum atomic E-state index is -0.309. The van der Waals surface area contributed by atoms with Crippen molar-refractivity contribution in [2.24, 2.45) is 5.73 Å². The van der Waals surface area contributed by atoms with Crippen LogP contribution in [0.15, 0.2) is 60.7 Å². The monoisotopic (exact) mass is 255 g/mol. The molecule has 2 N–H and O–H groups in total. The van der Waals surface area contributed by atoms with Crippen LogP contribution in [-0.4, -0.2) is 6.61 Å². The summed E-state index contributed by atoms with van der Waals surface area (Å²) in [4.78, 5) is 0. The second-order valence-corrected chi connectivity index (χ2v) is 4.79. The molecule has 2 aromatic rings. The predicted molar refractivity (Wildman–Crippen MR) is 79.2 cm³/mol. The summed E-state index contributed by atoms with van der Waals surface area (Å²) in [5, 5.41) is 0. The summed E-state index contributed by atoms with van der Waals surface area (Å²) in [6.07, 6.45) is 1.71. The van der Waals surface area contributed by atoms with Gasteiger partial charge in [0.2, 0.25) is 0 Å². The van der Waals surface area contributed by atoms with Gasteiger partial charge in [-0.1, -0.05) is 55.5 Å². The van der Waals surface area contributed by atoms with Crippen LogP contribution < -0.4 is 10.5 Å². The Kier molecular flexibility index (Phi) is 4.58. The summed E-state index contributed by atoms with van der Waals surface area (Å²) < 4.78 is 5.75. The first-order valence-electron chi connectivity index (χ1n) is 6.77. The Morgan fingerprint density at radius 2 is 1.53 bits per heavy atom. The van der Waals surface area contributed by atoms with Crippen molar-refractivity contribution in [2.75, 3.05) is 6.61 Å². The van der Waals surface area contributed by atoms with E-state index in [1.807, 2.05) is 48.5 Å². The maximum absolute atomic E-state index is 6.50. The van der Waals surface area contributed by atoms with Gasteiger partial charge in [0.05, 0.1) is 6.61 Å². The van der Waals surface area contributed by atoms with Gasteiger partial charge in [-0.3, -0.25) is 0 Å². The zero-order chi connectivity index (χ0) is 13.6. The number of hydrogen-bond acceptors (Lipinski definition) is 2. The molecular weight excluding hydrogens is 234 g/mol. The van der Waals surface area contributed by atoms with Crippen molar-refractivity contribution in [2.45, 2.75) is 25.3 Å². The number of para-hydroxylation sites is 1. The molecule has 2 rings (SSSR count). The predicted octanol–water partition coefficient (Wildman–Crippen LogP) is 3.72. The molecule has 1 atom stereocenters. The maximum Gasteiger partial charge on any atom is 0.119 e. The van der Waals surface area contributed by atoms with Gasteiger partial charge in [0.25, 0.3) is 0 Å². The fraction of sp³-hybridized carbons (Fsp3) is 0.294. The van der Waals surface area contributed by atoms with Gasteiger partial charge in [-0.2, -0.15) is 0 Å². The van der Waals surface area contributed by atoms with E-state index in [2.05, 4.69) is 19.1 Å². The van der Waals surface area contributed by atoms with Crippen LogP contribution >= 0.6 is 0 Å². The van der Waals surface area contributed by atoms with E-state index in [9.17, 15) is 0 Å². The Morgan fingerprint density at radius 1 is 0.947 bits per heavy atom. The molecule has 0 aliphatic rings.